The molecule has 0 amide bonds. The molecule has 0 saturated heterocycles. The number of aromatic nitrogens is 2. The van der Waals surface area contributed by atoms with Gasteiger partial charge in [0.15, 0.2) is 0 Å². The Morgan fingerprint density at radius 1 is 1.39 bits per heavy atom. The molecular formula is C12H12N2O4. The lowest BCUT2D eigenvalue weighted by Crippen LogP contribution is -2.02. The van der Waals surface area contributed by atoms with Crippen LogP contribution in [-0.4, -0.2) is 21.4 Å². The Labute approximate surface area is 103 Å². The third-order valence-corrected chi connectivity index (χ3v) is 2.55. The minimum Gasteiger partial charge on any atom is -0.487 e. The summed E-state index contributed by atoms with van der Waals surface area (Å²) in [5.74, 6) is -0.476. The van der Waals surface area contributed by atoms with Crippen LogP contribution in [-0.2, 0) is 6.61 Å². The fourth-order valence-electron chi connectivity index (χ4n) is 1.42. The maximum absolute atomic E-state index is 10.9. The first-order chi connectivity index (χ1) is 8.58. The Kier molecular flexibility index (Phi) is 3.27. The van der Waals surface area contributed by atoms with Crippen molar-refractivity contribution in [2.45, 2.75) is 20.5 Å². The molecule has 0 spiro atoms. The van der Waals surface area contributed by atoms with Crippen LogP contribution in [0, 0.1) is 13.8 Å². The molecule has 1 aromatic carbocycles. The van der Waals surface area contributed by atoms with E-state index in [1.165, 1.54) is 12.1 Å². The van der Waals surface area contributed by atoms with E-state index in [9.17, 15) is 4.79 Å². The van der Waals surface area contributed by atoms with E-state index in [-0.39, 0.29) is 12.2 Å². The summed E-state index contributed by atoms with van der Waals surface area (Å²) in [4.78, 5) is 10.9. The number of hydrogen-bond acceptors (Lipinski definition) is 5. The average Bonchev–Trinajstić information content (AvgIpc) is 2.73. The minimum atomic E-state index is -0.987. The third kappa shape index (κ3) is 2.48. The smallest absolute Gasteiger partial charge is 0.335 e. The van der Waals surface area contributed by atoms with Crippen LogP contribution in [0.4, 0.5) is 0 Å². The first-order valence-corrected chi connectivity index (χ1v) is 5.32. The molecule has 0 saturated carbocycles. The van der Waals surface area contributed by atoms with Crippen LogP contribution in [0.3, 0.4) is 0 Å². The van der Waals surface area contributed by atoms with Gasteiger partial charge in [0.1, 0.15) is 23.7 Å². The number of aromatic carboxylic acids is 1. The van der Waals surface area contributed by atoms with Gasteiger partial charge in [-0.05, 0) is 31.5 Å². The van der Waals surface area contributed by atoms with Crippen LogP contribution in [0.15, 0.2) is 22.8 Å². The Hall–Kier alpha value is -2.37. The molecule has 0 unspecified atom stereocenters. The van der Waals surface area contributed by atoms with Crippen LogP contribution in [0.2, 0.25) is 0 Å². The number of hydrogen-bond donors (Lipinski definition) is 1. The summed E-state index contributed by atoms with van der Waals surface area (Å²) in [6, 6.07) is 4.72. The average molecular weight is 248 g/mol. The van der Waals surface area contributed by atoms with Crippen molar-refractivity contribution in [1.29, 1.82) is 0 Å². The Balaban J connectivity index is 2.16. The molecule has 0 fully saturated rings. The van der Waals surface area contributed by atoms with Crippen molar-refractivity contribution in [1.82, 2.24) is 10.3 Å². The number of nitrogens with zero attached hydrogens (tertiary/aromatic N) is 2. The van der Waals surface area contributed by atoms with Gasteiger partial charge in [0.2, 0.25) is 0 Å². The molecule has 0 aliphatic heterocycles. The number of rotatable bonds is 4. The summed E-state index contributed by atoms with van der Waals surface area (Å²) >= 11 is 0. The summed E-state index contributed by atoms with van der Waals surface area (Å²) in [5.41, 5.74) is 2.29. The van der Waals surface area contributed by atoms with Gasteiger partial charge in [-0.2, -0.15) is 0 Å². The Morgan fingerprint density at radius 2 is 2.17 bits per heavy atom. The van der Waals surface area contributed by atoms with E-state index in [4.69, 9.17) is 9.84 Å². The molecule has 1 heterocycles. The van der Waals surface area contributed by atoms with Crippen molar-refractivity contribution >= 4 is 5.97 Å². The van der Waals surface area contributed by atoms with E-state index in [2.05, 4.69) is 14.9 Å². The predicted molar refractivity (Wildman–Crippen MR) is 61.5 cm³/mol. The molecule has 0 radical (unpaired) electrons. The van der Waals surface area contributed by atoms with E-state index in [1.54, 1.807) is 13.0 Å². The fraction of sp³-hybridized carbons (Fsp3) is 0.250. The second-order valence-corrected chi connectivity index (χ2v) is 3.87. The monoisotopic (exact) mass is 248 g/mol. The quantitative estimate of drug-likeness (QED) is 0.890. The van der Waals surface area contributed by atoms with Gasteiger partial charge >= 0.3 is 5.97 Å². The zero-order valence-corrected chi connectivity index (χ0v) is 10.0. The number of carboxylic acid groups (broad SMARTS) is 1. The molecule has 18 heavy (non-hydrogen) atoms. The largest absolute Gasteiger partial charge is 0.487 e. The number of carbonyl (C=O) groups is 1. The predicted octanol–water partition coefficient (Wildman–Crippen LogP) is 1.96. The van der Waals surface area contributed by atoms with E-state index in [1.807, 2.05) is 6.92 Å². The van der Waals surface area contributed by atoms with Gasteiger partial charge in [-0.1, -0.05) is 16.4 Å². The molecular weight excluding hydrogens is 236 g/mol. The highest BCUT2D eigenvalue weighted by molar-refractivity contribution is 5.88. The lowest BCUT2D eigenvalue weighted by Gasteiger charge is -2.08. The molecule has 1 N–H and O–H groups in total. The third-order valence-electron chi connectivity index (χ3n) is 2.55. The molecule has 2 rings (SSSR count). The van der Waals surface area contributed by atoms with Crippen molar-refractivity contribution in [3.63, 3.8) is 0 Å². The van der Waals surface area contributed by atoms with Crippen LogP contribution in [0.5, 0.6) is 5.75 Å². The van der Waals surface area contributed by atoms with E-state index >= 15 is 0 Å². The van der Waals surface area contributed by atoms with Crippen LogP contribution in [0.1, 0.15) is 27.3 Å². The van der Waals surface area contributed by atoms with Crippen LogP contribution in [0.25, 0.3) is 0 Å². The summed E-state index contributed by atoms with van der Waals surface area (Å²) in [6.07, 6.45) is 0. The van der Waals surface area contributed by atoms with Gasteiger partial charge in [-0.15, -0.1) is 0 Å². The first kappa shape index (κ1) is 12.1. The highest BCUT2D eigenvalue weighted by Gasteiger charge is 2.10. The van der Waals surface area contributed by atoms with E-state index in [0.717, 1.165) is 5.56 Å². The van der Waals surface area contributed by atoms with Crippen molar-refractivity contribution in [3.8, 4) is 5.75 Å². The molecule has 0 atom stereocenters. The van der Waals surface area contributed by atoms with Crippen LogP contribution < -0.4 is 4.74 Å². The van der Waals surface area contributed by atoms with Gasteiger partial charge in [0, 0.05) is 0 Å². The summed E-state index contributed by atoms with van der Waals surface area (Å²) in [7, 11) is 0. The summed E-state index contributed by atoms with van der Waals surface area (Å²) in [6.45, 7) is 3.80. The van der Waals surface area contributed by atoms with Gasteiger partial charge in [-0.3, -0.25) is 0 Å². The van der Waals surface area contributed by atoms with Crippen molar-refractivity contribution in [3.05, 3.63) is 40.7 Å². The molecule has 94 valence electrons. The highest BCUT2D eigenvalue weighted by Crippen LogP contribution is 2.21. The lowest BCUT2D eigenvalue weighted by atomic mass is 10.1. The number of benzene rings is 1. The molecule has 6 heteroatoms. The zero-order valence-electron chi connectivity index (χ0n) is 10.0. The van der Waals surface area contributed by atoms with Gasteiger partial charge in [-0.25, -0.2) is 9.42 Å². The number of aryl methyl sites for hydroxylation is 2. The maximum atomic E-state index is 10.9. The topological polar surface area (TPSA) is 85.5 Å². The Morgan fingerprint density at radius 3 is 2.78 bits per heavy atom. The summed E-state index contributed by atoms with van der Waals surface area (Å²) < 4.78 is 10.1. The van der Waals surface area contributed by atoms with Gasteiger partial charge < -0.3 is 9.84 Å². The molecule has 0 aliphatic rings. The SMILES string of the molecule is Cc1ccc(C(=O)O)cc1OCc1nonc1C. The van der Waals surface area contributed by atoms with Crippen molar-refractivity contribution < 1.29 is 19.3 Å². The van der Waals surface area contributed by atoms with E-state index < -0.39 is 5.97 Å². The molecule has 0 aliphatic carbocycles. The number of carboxylic acids is 1. The molecule has 0 bridgehead atoms. The second-order valence-electron chi connectivity index (χ2n) is 3.87. The molecule has 1 aromatic heterocycles. The normalized spacial score (nSPS) is 10.3. The van der Waals surface area contributed by atoms with Crippen molar-refractivity contribution in [2.75, 3.05) is 0 Å². The standard InChI is InChI=1S/C12H12N2O4/c1-7-3-4-9(12(15)16)5-11(7)17-6-10-8(2)13-18-14-10/h3-5H,6H2,1-2H3,(H,15,16). The molecule has 2 aromatic rings. The molecule has 6 nitrogen and oxygen atoms in total. The maximum Gasteiger partial charge on any atom is 0.335 e. The lowest BCUT2D eigenvalue weighted by molar-refractivity contribution is 0.0696. The van der Waals surface area contributed by atoms with Crippen LogP contribution >= 0.6 is 0 Å². The first-order valence-electron chi connectivity index (χ1n) is 5.32. The minimum absolute atomic E-state index is 0.186. The number of ether oxygens (including phenoxy) is 1. The van der Waals surface area contributed by atoms with Gasteiger partial charge in [0.05, 0.1) is 5.56 Å². The van der Waals surface area contributed by atoms with Crippen molar-refractivity contribution in [2.24, 2.45) is 0 Å². The fourth-order valence-corrected chi connectivity index (χ4v) is 1.42. The van der Waals surface area contributed by atoms with E-state index in [0.29, 0.717) is 17.1 Å². The summed E-state index contributed by atoms with van der Waals surface area (Å²) in [5, 5.41) is 16.2. The second kappa shape index (κ2) is 4.87. The van der Waals surface area contributed by atoms with Gasteiger partial charge in [0.25, 0.3) is 0 Å². The Bertz CT molecular complexity index is 577. The highest BCUT2D eigenvalue weighted by atomic mass is 16.6. The zero-order chi connectivity index (χ0) is 13.1.